The Bertz CT molecular complexity index is 1070. The number of rotatable bonds is 6. The van der Waals surface area contributed by atoms with E-state index < -0.39 is 0 Å². The van der Waals surface area contributed by atoms with Crippen LogP contribution in [0, 0.1) is 13.8 Å². The Labute approximate surface area is 190 Å². The van der Waals surface area contributed by atoms with Crippen LogP contribution in [0.5, 0.6) is 5.75 Å². The molecule has 0 bridgehead atoms. The van der Waals surface area contributed by atoms with Gasteiger partial charge in [0.05, 0.1) is 17.9 Å². The van der Waals surface area contributed by atoms with Crippen molar-refractivity contribution in [2.45, 2.75) is 27.7 Å². The number of ether oxygens (including phenoxy) is 1. The summed E-state index contributed by atoms with van der Waals surface area (Å²) < 4.78 is 5.75. The molecular weight excluding hydrogens is 402 g/mol. The number of carbonyl (C=O) groups is 2. The number of nitrogens with zero attached hydrogens (tertiary/aromatic N) is 3. The molecular formula is C26H31N3O3. The third kappa shape index (κ3) is 3.91. The zero-order valence-corrected chi connectivity index (χ0v) is 19.4. The van der Waals surface area contributed by atoms with E-state index in [2.05, 4.69) is 16.7 Å². The monoisotopic (exact) mass is 433 g/mol. The Kier molecular flexibility index (Phi) is 6.33. The molecule has 6 nitrogen and oxygen atoms in total. The lowest BCUT2D eigenvalue weighted by Crippen LogP contribution is -2.47. The standard InChI is InChI=1S/C26H31N3O3/c1-5-27-13-15-28(16-14-27)24-23(20-12-11-18(3)19(4)17-20)25(30)29(26(24)31)21-9-7-8-10-22(21)32-6-2/h7-12,17H,5-6,13-16H2,1-4H3. The van der Waals surface area contributed by atoms with Gasteiger partial charge in [-0.2, -0.15) is 0 Å². The van der Waals surface area contributed by atoms with E-state index in [1.54, 1.807) is 12.1 Å². The summed E-state index contributed by atoms with van der Waals surface area (Å²) in [4.78, 5) is 33.3. The first-order chi connectivity index (χ1) is 15.5. The van der Waals surface area contributed by atoms with Gasteiger partial charge in [0, 0.05) is 26.2 Å². The smallest absolute Gasteiger partial charge is 0.282 e. The van der Waals surface area contributed by atoms with Gasteiger partial charge in [0.2, 0.25) is 0 Å². The lowest BCUT2D eigenvalue weighted by molar-refractivity contribution is -0.120. The molecule has 0 saturated carbocycles. The molecule has 0 atom stereocenters. The summed E-state index contributed by atoms with van der Waals surface area (Å²) in [6.07, 6.45) is 0. The highest BCUT2D eigenvalue weighted by Crippen LogP contribution is 2.39. The van der Waals surface area contributed by atoms with Crippen molar-refractivity contribution in [3.63, 3.8) is 0 Å². The number of imide groups is 1. The largest absolute Gasteiger partial charge is 0.492 e. The molecule has 2 aliphatic rings. The highest BCUT2D eigenvalue weighted by Gasteiger charge is 2.44. The number of piperazine rings is 1. The van der Waals surface area contributed by atoms with Crippen LogP contribution >= 0.6 is 0 Å². The Hall–Kier alpha value is -3.12. The van der Waals surface area contributed by atoms with Crippen molar-refractivity contribution >= 4 is 23.1 Å². The van der Waals surface area contributed by atoms with E-state index in [0.717, 1.165) is 49.4 Å². The van der Waals surface area contributed by atoms with Crippen molar-refractivity contribution in [1.82, 2.24) is 9.80 Å². The number of para-hydroxylation sites is 2. The van der Waals surface area contributed by atoms with Crippen LogP contribution in [0.4, 0.5) is 5.69 Å². The van der Waals surface area contributed by atoms with E-state index >= 15 is 0 Å². The van der Waals surface area contributed by atoms with Gasteiger partial charge in [0.15, 0.2) is 0 Å². The van der Waals surface area contributed by atoms with E-state index in [0.29, 0.717) is 29.3 Å². The maximum Gasteiger partial charge on any atom is 0.282 e. The minimum atomic E-state index is -0.293. The fourth-order valence-electron chi connectivity index (χ4n) is 4.39. The van der Waals surface area contributed by atoms with Crippen molar-refractivity contribution in [2.75, 3.05) is 44.2 Å². The number of benzene rings is 2. The van der Waals surface area contributed by atoms with E-state index in [-0.39, 0.29) is 11.8 Å². The number of anilines is 1. The summed E-state index contributed by atoms with van der Waals surface area (Å²) in [7, 11) is 0. The van der Waals surface area contributed by atoms with Gasteiger partial charge in [0.25, 0.3) is 11.8 Å². The van der Waals surface area contributed by atoms with Crippen molar-refractivity contribution < 1.29 is 14.3 Å². The Morgan fingerprint density at radius 1 is 0.875 bits per heavy atom. The first kappa shape index (κ1) is 22.1. The molecule has 2 aliphatic heterocycles. The molecule has 2 heterocycles. The number of hydrogen-bond acceptors (Lipinski definition) is 5. The molecule has 0 radical (unpaired) electrons. The van der Waals surface area contributed by atoms with Gasteiger partial charge >= 0.3 is 0 Å². The first-order valence-electron chi connectivity index (χ1n) is 11.4. The number of carbonyl (C=O) groups excluding carboxylic acids is 2. The third-order valence-electron chi connectivity index (χ3n) is 6.40. The molecule has 32 heavy (non-hydrogen) atoms. The average molecular weight is 434 g/mol. The van der Waals surface area contributed by atoms with Crippen LogP contribution in [-0.2, 0) is 9.59 Å². The highest BCUT2D eigenvalue weighted by atomic mass is 16.5. The zero-order chi connectivity index (χ0) is 22.8. The molecule has 1 saturated heterocycles. The Balaban J connectivity index is 1.81. The lowest BCUT2D eigenvalue weighted by Gasteiger charge is -2.36. The highest BCUT2D eigenvalue weighted by molar-refractivity contribution is 6.45. The van der Waals surface area contributed by atoms with Gasteiger partial charge in [-0.05, 0) is 56.1 Å². The number of amides is 2. The maximum atomic E-state index is 13.8. The second-order valence-electron chi connectivity index (χ2n) is 8.29. The summed E-state index contributed by atoms with van der Waals surface area (Å²) in [5.74, 6) is -0.0353. The van der Waals surface area contributed by atoms with Gasteiger partial charge in [-0.25, -0.2) is 4.90 Å². The summed E-state index contributed by atoms with van der Waals surface area (Å²) in [5.41, 5.74) is 4.51. The molecule has 0 unspecified atom stereocenters. The number of hydrogen-bond donors (Lipinski definition) is 0. The van der Waals surface area contributed by atoms with E-state index in [1.807, 2.05) is 51.1 Å². The van der Waals surface area contributed by atoms with Crippen molar-refractivity contribution in [3.8, 4) is 5.75 Å². The van der Waals surface area contributed by atoms with Crippen LogP contribution in [-0.4, -0.2) is 60.9 Å². The fraction of sp³-hybridized carbons (Fsp3) is 0.385. The second kappa shape index (κ2) is 9.17. The van der Waals surface area contributed by atoms with Crippen molar-refractivity contribution in [2.24, 2.45) is 0 Å². The van der Waals surface area contributed by atoms with Gasteiger partial charge in [0.1, 0.15) is 11.4 Å². The molecule has 0 N–H and O–H groups in total. The molecule has 168 valence electrons. The molecule has 4 rings (SSSR count). The second-order valence-corrected chi connectivity index (χ2v) is 8.29. The Morgan fingerprint density at radius 3 is 2.25 bits per heavy atom. The predicted molar refractivity (Wildman–Crippen MR) is 127 cm³/mol. The molecule has 0 aromatic heterocycles. The van der Waals surface area contributed by atoms with Crippen molar-refractivity contribution in [1.29, 1.82) is 0 Å². The maximum absolute atomic E-state index is 13.8. The van der Waals surface area contributed by atoms with E-state index in [4.69, 9.17) is 4.74 Å². The van der Waals surface area contributed by atoms with Gasteiger partial charge < -0.3 is 14.5 Å². The third-order valence-corrected chi connectivity index (χ3v) is 6.40. The minimum absolute atomic E-state index is 0.277. The first-order valence-corrected chi connectivity index (χ1v) is 11.4. The topological polar surface area (TPSA) is 53.1 Å². The number of aryl methyl sites for hydroxylation is 2. The fourth-order valence-corrected chi connectivity index (χ4v) is 4.39. The minimum Gasteiger partial charge on any atom is -0.492 e. The SMILES string of the molecule is CCOc1ccccc1N1C(=O)C(c2ccc(C)c(C)c2)=C(N2CCN(CC)CC2)C1=O. The van der Waals surface area contributed by atoms with Crippen LogP contribution in [0.25, 0.3) is 5.57 Å². The van der Waals surface area contributed by atoms with Gasteiger partial charge in [-0.15, -0.1) is 0 Å². The van der Waals surface area contributed by atoms with E-state index in [9.17, 15) is 9.59 Å². The molecule has 2 amide bonds. The summed E-state index contributed by atoms with van der Waals surface area (Å²) >= 11 is 0. The molecule has 2 aromatic carbocycles. The Morgan fingerprint density at radius 2 is 1.59 bits per heavy atom. The van der Waals surface area contributed by atoms with Crippen LogP contribution in [0.2, 0.25) is 0 Å². The van der Waals surface area contributed by atoms with E-state index in [1.165, 1.54) is 4.90 Å². The summed E-state index contributed by atoms with van der Waals surface area (Å²) in [5, 5.41) is 0. The predicted octanol–water partition coefficient (Wildman–Crippen LogP) is 3.62. The summed E-state index contributed by atoms with van der Waals surface area (Å²) in [6.45, 7) is 12.7. The zero-order valence-electron chi connectivity index (χ0n) is 19.4. The molecule has 0 aliphatic carbocycles. The van der Waals surface area contributed by atoms with Crippen LogP contribution < -0.4 is 9.64 Å². The van der Waals surface area contributed by atoms with Gasteiger partial charge in [-0.3, -0.25) is 9.59 Å². The lowest BCUT2D eigenvalue weighted by atomic mass is 9.99. The quantitative estimate of drug-likeness (QED) is 0.652. The molecule has 2 aromatic rings. The average Bonchev–Trinajstić information content (AvgIpc) is 3.06. The molecule has 0 spiro atoms. The molecule has 6 heteroatoms. The number of likely N-dealkylation sites (N-methyl/N-ethyl adjacent to an activating group) is 1. The summed E-state index contributed by atoms with van der Waals surface area (Å²) in [6, 6.07) is 13.2. The van der Waals surface area contributed by atoms with Crippen molar-refractivity contribution in [3.05, 3.63) is 64.9 Å². The normalized spacial score (nSPS) is 17.5. The van der Waals surface area contributed by atoms with Gasteiger partial charge in [-0.1, -0.05) is 37.3 Å². The van der Waals surface area contributed by atoms with Crippen LogP contribution in [0.3, 0.4) is 0 Å². The molecule has 1 fully saturated rings. The van der Waals surface area contributed by atoms with Crippen LogP contribution in [0.15, 0.2) is 48.2 Å². The van der Waals surface area contributed by atoms with Crippen LogP contribution in [0.1, 0.15) is 30.5 Å².